The number of aromatic amines is 1. The van der Waals surface area contributed by atoms with Crippen LogP contribution < -0.4 is 0 Å². The van der Waals surface area contributed by atoms with Gasteiger partial charge in [-0.2, -0.15) is 0 Å². The van der Waals surface area contributed by atoms with Crippen LogP contribution >= 0.6 is 12.4 Å². The number of H-pyrrole nitrogens is 1. The maximum Gasteiger partial charge on any atom is 0.116 e. The van der Waals surface area contributed by atoms with Gasteiger partial charge in [-0.15, -0.1) is 12.4 Å². The fourth-order valence-corrected chi connectivity index (χ4v) is 1.25. The van der Waals surface area contributed by atoms with Crippen molar-refractivity contribution in [1.82, 2.24) is 4.98 Å². The third-order valence-electron chi connectivity index (χ3n) is 1.87. The molecule has 0 saturated heterocycles. The van der Waals surface area contributed by atoms with Gasteiger partial charge in [-0.3, -0.25) is 0 Å². The van der Waals surface area contributed by atoms with Crippen molar-refractivity contribution in [2.45, 2.75) is 6.92 Å². The second-order valence-electron chi connectivity index (χ2n) is 2.70. The van der Waals surface area contributed by atoms with E-state index in [1.54, 1.807) is 12.1 Å². The minimum atomic E-state index is 0. The molecule has 2 rings (SSSR count). The second-order valence-corrected chi connectivity index (χ2v) is 2.70. The summed E-state index contributed by atoms with van der Waals surface area (Å²) in [6.07, 6.45) is 1.93. The lowest BCUT2D eigenvalue weighted by molar-refractivity contribution is 0.476. The zero-order valence-electron chi connectivity index (χ0n) is 6.66. The number of hydrogen-bond donors (Lipinski definition) is 2. The molecular weight excluding hydrogens is 174 g/mol. The quantitative estimate of drug-likeness (QED) is 0.647. The van der Waals surface area contributed by atoms with Crippen LogP contribution in [0.3, 0.4) is 0 Å². The van der Waals surface area contributed by atoms with Crippen molar-refractivity contribution in [3.8, 4) is 5.75 Å². The zero-order valence-corrected chi connectivity index (χ0v) is 7.48. The van der Waals surface area contributed by atoms with Crippen LogP contribution in [0.1, 0.15) is 5.56 Å². The molecule has 0 amide bonds. The first-order valence-corrected chi connectivity index (χ1v) is 3.54. The Kier molecular flexibility index (Phi) is 2.29. The highest BCUT2D eigenvalue weighted by Crippen LogP contribution is 2.21. The van der Waals surface area contributed by atoms with Crippen molar-refractivity contribution >= 4 is 23.3 Å². The van der Waals surface area contributed by atoms with Crippen LogP contribution in [0.2, 0.25) is 0 Å². The smallest absolute Gasteiger partial charge is 0.116 e. The molecule has 64 valence electrons. The van der Waals surface area contributed by atoms with Crippen molar-refractivity contribution in [1.29, 1.82) is 0 Å². The first-order valence-electron chi connectivity index (χ1n) is 3.54. The lowest BCUT2D eigenvalue weighted by Crippen LogP contribution is -1.68. The van der Waals surface area contributed by atoms with Gasteiger partial charge in [0, 0.05) is 17.1 Å². The number of aryl methyl sites for hydroxylation is 1. The van der Waals surface area contributed by atoms with Crippen molar-refractivity contribution in [2.75, 3.05) is 0 Å². The van der Waals surface area contributed by atoms with E-state index in [4.69, 9.17) is 5.11 Å². The van der Waals surface area contributed by atoms with E-state index in [2.05, 4.69) is 4.98 Å². The average molecular weight is 184 g/mol. The molecule has 0 aliphatic carbocycles. The third-order valence-corrected chi connectivity index (χ3v) is 1.87. The van der Waals surface area contributed by atoms with Crippen LogP contribution in [0.5, 0.6) is 5.75 Å². The summed E-state index contributed by atoms with van der Waals surface area (Å²) < 4.78 is 0. The molecule has 12 heavy (non-hydrogen) atoms. The Morgan fingerprint density at radius 2 is 2.08 bits per heavy atom. The minimum absolute atomic E-state index is 0. The van der Waals surface area contributed by atoms with E-state index in [0.717, 1.165) is 16.5 Å². The number of benzene rings is 1. The van der Waals surface area contributed by atoms with Crippen LogP contribution in [-0.2, 0) is 0 Å². The highest BCUT2D eigenvalue weighted by atomic mass is 35.5. The predicted octanol–water partition coefficient (Wildman–Crippen LogP) is 2.60. The molecule has 1 aromatic heterocycles. The molecule has 0 unspecified atom stereocenters. The molecule has 0 radical (unpaired) electrons. The van der Waals surface area contributed by atoms with Gasteiger partial charge < -0.3 is 10.1 Å². The first-order chi connectivity index (χ1) is 5.27. The van der Waals surface area contributed by atoms with Gasteiger partial charge in [0.1, 0.15) is 5.75 Å². The zero-order chi connectivity index (χ0) is 7.84. The lowest BCUT2D eigenvalue weighted by Gasteiger charge is -1.92. The normalized spacial score (nSPS) is 9.75. The molecule has 0 saturated carbocycles. The Balaban J connectivity index is 0.000000720. The summed E-state index contributed by atoms with van der Waals surface area (Å²) in [6, 6.07) is 5.32. The Morgan fingerprint density at radius 1 is 1.33 bits per heavy atom. The van der Waals surface area contributed by atoms with Gasteiger partial charge in [0.15, 0.2) is 0 Å². The summed E-state index contributed by atoms with van der Waals surface area (Å²) in [4.78, 5) is 3.10. The topological polar surface area (TPSA) is 36.0 Å². The molecule has 3 heteroatoms. The molecular formula is C9H10ClNO. The summed E-state index contributed by atoms with van der Waals surface area (Å²) in [5, 5.41) is 10.2. The van der Waals surface area contributed by atoms with Crippen LogP contribution in [-0.4, -0.2) is 10.1 Å². The van der Waals surface area contributed by atoms with E-state index in [9.17, 15) is 0 Å². The van der Waals surface area contributed by atoms with E-state index >= 15 is 0 Å². The Morgan fingerprint density at radius 3 is 2.83 bits per heavy atom. The van der Waals surface area contributed by atoms with Gasteiger partial charge in [-0.1, -0.05) is 0 Å². The number of rotatable bonds is 0. The van der Waals surface area contributed by atoms with Crippen LogP contribution in [0, 0.1) is 6.92 Å². The van der Waals surface area contributed by atoms with Gasteiger partial charge in [-0.25, -0.2) is 0 Å². The largest absolute Gasteiger partial charge is 0.508 e. The third kappa shape index (κ3) is 1.25. The summed E-state index contributed by atoms with van der Waals surface area (Å²) in [7, 11) is 0. The van der Waals surface area contributed by atoms with Crippen LogP contribution in [0.25, 0.3) is 10.9 Å². The van der Waals surface area contributed by atoms with Gasteiger partial charge in [0.05, 0.1) is 0 Å². The summed E-state index contributed by atoms with van der Waals surface area (Å²) in [5.41, 5.74) is 2.23. The molecule has 0 aliphatic heterocycles. The summed E-state index contributed by atoms with van der Waals surface area (Å²) >= 11 is 0. The summed E-state index contributed by atoms with van der Waals surface area (Å²) in [5.74, 6) is 0.320. The van der Waals surface area contributed by atoms with Gasteiger partial charge in [0.25, 0.3) is 0 Å². The van der Waals surface area contributed by atoms with E-state index < -0.39 is 0 Å². The van der Waals surface area contributed by atoms with Crippen molar-refractivity contribution in [3.05, 3.63) is 30.0 Å². The molecule has 0 bridgehead atoms. The molecule has 0 spiro atoms. The number of hydrogen-bond acceptors (Lipinski definition) is 1. The van der Waals surface area contributed by atoms with E-state index in [0.29, 0.717) is 5.75 Å². The van der Waals surface area contributed by atoms with Gasteiger partial charge >= 0.3 is 0 Å². The van der Waals surface area contributed by atoms with Crippen LogP contribution in [0.15, 0.2) is 24.4 Å². The average Bonchev–Trinajstić information content (AvgIpc) is 2.33. The fourth-order valence-electron chi connectivity index (χ4n) is 1.25. The Hall–Kier alpha value is -1.15. The number of aromatic hydroxyl groups is 1. The lowest BCUT2D eigenvalue weighted by atomic mass is 10.2. The monoisotopic (exact) mass is 183 g/mol. The van der Waals surface area contributed by atoms with E-state index in [-0.39, 0.29) is 12.4 Å². The molecule has 0 aliphatic rings. The van der Waals surface area contributed by atoms with Crippen LogP contribution in [0.4, 0.5) is 0 Å². The maximum atomic E-state index is 9.16. The number of fused-ring (bicyclic) bond motifs is 1. The van der Waals surface area contributed by atoms with E-state index in [1.807, 2.05) is 19.2 Å². The molecule has 2 nitrogen and oxygen atoms in total. The molecule has 1 heterocycles. The number of phenolic OH excluding ortho intramolecular Hbond substituents is 1. The first kappa shape index (κ1) is 8.94. The SMILES string of the molecule is Cc1c[nH]c2ccc(O)cc12.Cl. The Bertz CT molecular complexity index is 394. The van der Waals surface area contributed by atoms with E-state index in [1.165, 1.54) is 0 Å². The highest BCUT2D eigenvalue weighted by molar-refractivity contribution is 5.85. The second kappa shape index (κ2) is 3.07. The summed E-state index contributed by atoms with van der Waals surface area (Å²) in [6.45, 7) is 2.01. The highest BCUT2D eigenvalue weighted by Gasteiger charge is 1.98. The van der Waals surface area contributed by atoms with Gasteiger partial charge in [-0.05, 0) is 30.7 Å². The number of phenols is 1. The van der Waals surface area contributed by atoms with Gasteiger partial charge in [0.2, 0.25) is 0 Å². The Labute approximate surface area is 76.6 Å². The molecule has 1 aromatic carbocycles. The standard InChI is InChI=1S/C9H9NO.ClH/c1-6-5-10-9-3-2-7(11)4-8(6)9;/h2-5,10-11H,1H3;1H. The maximum absolute atomic E-state index is 9.16. The number of nitrogens with one attached hydrogen (secondary N) is 1. The van der Waals surface area contributed by atoms with Crippen molar-refractivity contribution < 1.29 is 5.11 Å². The minimum Gasteiger partial charge on any atom is -0.508 e. The molecule has 2 N–H and O–H groups in total. The number of aromatic nitrogens is 1. The fraction of sp³-hybridized carbons (Fsp3) is 0.111. The molecule has 2 aromatic rings. The molecule has 0 atom stereocenters. The predicted molar refractivity (Wildman–Crippen MR) is 51.9 cm³/mol. The molecule has 0 fully saturated rings. The van der Waals surface area contributed by atoms with Crippen molar-refractivity contribution in [3.63, 3.8) is 0 Å². The van der Waals surface area contributed by atoms with Crippen molar-refractivity contribution in [2.24, 2.45) is 0 Å². The number of halogens is 1.